The second-order valence-corrected chi connectivity index (χ2v) is 7.13. The van der Waals surface area contributed by atoms with Gasteiger partial charge in [0.1, 0.15) is 5.56 Å². The largest absolute Gasteiger partial charge is 0.504 e. The van der Waals surface area contributed by atoms with Gasteiger partial charge in [-0.2, -0.15) is 0 Å². The first kappa shape index (κ1) is 17.4. The Morgan fingerprint density at radius 3 is 2.65 bits per heavy atom. The van der Waals surface area contributed by atoms with Crippen molar-refractivity contribution in [1.82, 2.24) is 4.90 Å². The SMILES string of the molecule is COC(=O)c1ccc2c(c1O)OC1(CCCCC1)C(N1CCOCC1)O2. The Kier molecular flexibility index (Phi) is 4.67. The molecule has 1 atom stereocenters. The molecule has 0 radical (unpaired) electrons. The standard InChI is InChI=1S/C19H25NO6/c1-23-17(22)13-5-6-14-16(15(13)21)26-19(7-3-2-4-8-19)18(25-14)20-9-11-24-12-10-20/h5-6,18,21H,2-4,7-12H2,1H3. The van der Waals surface area contributed by atoms with E-state index in [4.69, 9.17) is 18.9 Å². The van der Waals surface area contributed by atoms with Crippen molar-refractivity contribution in [1.29, 1.82) is 0 Å². The Hall–Kier alpha value is -1.99. The molecule has 1 aromatic rings. The second kappa shape index (κ2) is 6.96. The summed E-state index contributed by atoms with van der Waals surface area (Å²) in [4.78, 5) is 14.2. The number of fused-ring (bicyclic) bond motifs is 1. The predicted octanol–water partition coefficient (Wildman–Crippen LogP) is 2.31. The average Bonchev–Trinajstić information content (AvgIpc) is 2.69. The van der Waals surface area contributed by atoms with Gasteiger partial charge in [0, 0.05) is 13.1 Å². The van der Waals surface area contributed by atoms with E-state index in [1.807, 2.05) is 0 Å². The smallest absolute Gasteiger partial charge is 0.341 e. The molecule has 7 nitrogen and oxygen atoms in total. The molecule has 2 aliphatic heterocycles. The summed E-state index contributed by atoms with van der Waals surface area (Å²) in [5.74, 6) is -0.0937. The molecule has 1 saturated heterocycles. The zero-order valence-electron chi connectivity index (χ0n) is 15.0. The minimum Gasteiger partial charge on any atom is -0.504 e. The fourth-order valence-electron chi connectivity index (χ4n) is 4.22. The van der Waals surface area contributed by atoms with Gasteiger partial charge in [0.2, 0.25) is 5.75 Å². The minimum absolute atomic E-state index is 0.0885. The Labute approximate surface area is 152 Å². The second-order valence-electron chi connectivity index (χ2n) is 7.13. The lowest BCUT2D eigenvalue weighted by Crippen LogP contribution is -2.63. The number of benzene rings is 1. The Morgan fingerprint density at radius 2 is 1.96 bits per heavy atom. The van der Waals surface area contributed by atoms with Crippen LogP contribution in [0.5, 0.6) is 17.2 Å². The normalized spacial score (nSPS) is 25.0. The molecule has 0 aromatic heterocycles. The summed E-state index contributed by atoms with van der Waals surface area (Å²) in [6, 6.07) is 3.18. The van der Waals surface area contributed by atoms with Crippen molar-refractivity contribution >= 4 is 5.97 Å². The highest BCUT2D eigenvalue weighted by molar-refractivity contribution is 5.94. The number of carbonyl (C=O) groups is 1. The van der Waals surface area contributed by atoms with Crippen LogP contribution in [-0.2, 0) is 9.47 Å². The number of phenolic OH excluding ortho intramolecular Hbond substituents is 1. The first-order valence-electron chi connectivity index (χ1n) is 9.26. The van der Waals surface area contributed by atoms with E-state index in [0.717, 1.165) is 38.8 Å². The van der Waals surface area contributed by atoms with Gasteiger partial charge < -0.3 is 24.1 Å². The van der Waals surface area contributed by atoms with Gasteiger partial charge in [0.05, 0.1) is 20.3 Å². The van der Waals surface area contributed by atoms with Crippen molar-refractivity contribution < 1.29 is 28.8 Å². The number of rotatable bonds is 2. The van der Waals surface area contributed by atoms with Gasteiger partial charge in [-0.05, 0) is 37.8 Å². The third-order valence-corrected chi connectivity index (χ3v) is 5.57. The number of esters is 1. The van der Waals surface area contributed by atoms with Crippen LogP contribution in [0.15, 0.2) is 12.1 Å². The van der Waals surface area contributed by atoms with E-state index in [0.29, 0.717) is 19.0 Å². The van der Waals surface area contributed by atoms with Gasteiger partial charge in [0.15, 0.2) is 23.3 Å². The third kappa shape index (κ3) is 2.89. The van der Waals surface area contributed by atoms with E-state index >= 15 is 0 Å². The molecule has 0 amide bonds. The molecule has 1 saturated carbocycles. The predicted molar refractivity (Wildman–Crippen MR) is 92.7 cm³/mol. The quantitative estimate of drug-likeness (QED) is 0.808. The lowest BCUT2D eigenvalue weighted by Gasteiger charge is -2.50. The maximum Gasteiger partial charge on any atom is 0.341 e. The summed E-state index contributed by atoms with van der Waals surface area (Å²) in [6.07, 6.45) is 4.77. The highest BCUT2D eigenvalue weighted by Gasteiger charge is 2.51. The van der Waals surface area contributed by atoms with Crippen molar-refractivity contribution in [2.75, 3.05) is 33.4 Å². The van der Waals surface area contributed by atoms with Gasteiger partial charge >= 0.3 is 5.97 Å². The highest BCUT2D eigenvalue weighted by Crippen LogP contribution is 2.50. The van der Waals surface area contributed by atoms with Gasteiger partial charge in [-0.25, -0.2) is 4.79 Å². The molecule has 2 heterocycles. The van der Waals surface area contributed by atoms with E-state index in [-0.39, 0.29) is 23.3 Å². The average molecular weight is 363 g/mol. The van der Waals surface area contributed by atoms with Crippen LogP contribution in [0.2, 0.25) is 0 Å². The molecule has 142 valence electrons. The number of carbonyl (C=O) groups excluding carboxylic acids is 1. The Morgan fingerprint density at radius 1 is 1.23 bits per heavy atom. The summed E-state index contributed by atoms with van der Waals surface area (Å²) in [7, 11) is 1.29. The number of methoxy groups -OCH3 is 1. The topological polar surface area (TPSA) is 77.5 Å². The maximum atomic E-state index is 11.9. The van der Waals surface area contributed by atoms with Crippen molar-refractivity contribution in [2.24, 2.45) is 0 Å². The lowest BCUT2D eigenvalue weighted by molar-refractivity contribution is -0.171. The van der Waals surface area contributed by atoms with E-state index in [1.54, 1.807) is 6.07 Å². The zero-order valence-corrected chi connectivity index (χ0v) is 15.0. The van der Waals surface area contributed by atoms with Gasteiger partial charge in [-0.15, -0.1) is 0 Å². The fraction of sp³-hybridized carbons (Fsp3) is 0.632. The molecule has 1 spiro atoms. The molecule has 1 unspecified atom stereocenters. The fourth-order valence-corrected chi connectivity index (χ4v) is 4.22. The molecule has 0 bridgehead atoms. The Bertz CT molecular complexity index is 679. The van der Waals surface area contributed by atoms with Crippen LogP contribution in [0.4, 0.5) is 0 Å². The minimum atomic E-state index is -0.595. The third-order valence-electron chi connectivity index (χ3n) is 5.57. The first-order chi connectivity index (χ1) is 12.6. The number of ether oxygens (including phenoxy) is 4. The molecule has 3 aliphatic rings. The van der Waals surface area contributed by atoms with Crippen LogP contribution in [0.1, 0.15) is 42.5 Å². The number of aromatic hydroxyl groups is 1. The number of hydrogen-bond acceptors (Lipinski definition) is 7. The summed E-state index contributed by atoms with van der Waals surface area (Å²) < 4.78 is 23.0. The Balaban J connectivity index is 1.72. The highest BCUT2D eigenvalue weighted by atomic mass is 16.6. The first-order valence-corrected chi connectivity index (χ1v) is 9.26. The van der Waals surface area contributed by atoms with Crippen LogP contribution in [0.3, 0.4) is 0 Å². The van der Waals surface area contributed by atoms with Crippen LogP contribution < -0.4 is 9.47 Å². The van der Waals surface area contributed by atoms with E-state index in [9.17, 15) is 9.90 Å². The van der Waals surface area contributed by atoms with Crippen LogP contribution >= 0.6 is 0 Å². The molecule has 26 heavy (non-hydrogen) atoms. The monoisotopic (exact) mass is 363 g/mol. The van der Waals surface area contributed by atoms with Crippen LogP contribution in [0.25, 0.3) is 0 Å². The van der Waals surface area contributed by atoms with Crippen molar-refractivity contribution in [3.63, 3.8) is 0 Å². The number of hydrogen-bond donors (Lipinski definition) is 1. The van der Waals surface area contributed by atoms with Crippen molar-refractivity contribution in [2.45, 2.75) is 43.9 Å². The summed E-state index contributed by atoms with van der Waals surface area (Å²) >= 11 is 0. The van der Waals surface area contributed by atoms with Crippen LogP contribution in [-0.4, -0.2) is 61.2 Å². The summed E-state index contributed by atoms with van der Waals surface area (Å²) in [6.45, 7) is 2.93. The number of nitrogens with zero attached hydrogens (tertiary/aromatic N) is 1. The molecular weight excluding hydrogens is 338 g/mol. The molecule has 2 fully saturated rings. The molecule has 1 N–H and O–H groups in total. The van der Waals surface area contributed by atoms with Gasteiger partial charge in [-0.1, -0.05) is 6.42 Å². The maximum absolute atomic E-state index is 11.9. The van der Waals surface area contributed by atoms with Crippen LogP contribution in [0, 0.1) is 0 Å². The summed E-state index contributed by atoms with van der Waals surface area (Å²) in [5.41, 5.74) is -0.430. The molecule has 1 aliphatic carbocycles. The molecular formula is C19H25NO6. The van der Waals surface area contributed by atoms with Gasteiger partial charge in [-0.3, -0.25) is 4.90 Å². The van der Waals surface area contributed by atoms with Gasteiger partial charge in [0.25, 0.3) is 0 Å². The van der Waals surface area contributed by atoms with E-state index < -0.39 is 11.6 Å². The molecule has 1 aromatic carbocycles. The number of phenols is 1. The molecule has 4 rings (SSSR count). The van der Waals surface area contributed by atoms with Crippen molar-refractivity contribution in [3.8, 4) is 17.2 Å². The number of morpholine rings is 1. The van der Waals surface area contributed by atoms with E-state index in [2.05, 4.69) is 4.90 Å². The van der Waals surface area contributed by atoms with E-state index in [1.165, 1.54) is 19.6 Å². The lowest BCUT2D eigenvalue weighted by atomic mass is 9.81. The zero-order chi connectivity index (χ0) is 18.1. The molecule has 7 heteroatoms. The summed E-state index contributed by atoms with van der Waals surface area (Å²) in [5, 5.41) is 10.6. The van der Waals surface area contributed by atoms with Crippen molar-refractivity contribution in [3.05, 3.63) is 17.7 Å².